The van der Waals surface area contributed by atoms with Gasteiger partial charge in [-0.05, 0) is 56.3 Å². The summed E-state index contributed by atoms with van der Waals surface area (Å²) in [6.45, 7) is 10.0. The predicted molar refractivity (Wildman–Crippen MR) is 88.7 cm³/mol. The van der Waals surface area contributed by atoms with Gasteiger partial charge in [-0.1, -0.05) is 31.5 Å². The number of nitrogens with zero attached hydrogens (tertiary/aromatic N) is 1. The first-order valence-corrected chi connectivity index (χ1v) is 8.27. The van der Waals surface area contributed by atoms with Crippen LogP contribution in [-0.2, 0) is 6.54 Å². The lowest BCUT2D eigenvalue weighted by molar-refractivity contribution is 0.363. The first-order valence-electron chi connectivity index (χ1n) is 7.89. The van der Waals surface area contributed by atoms with Gasteiger partial charge in [-0.2, -0.15) is 0 Å². The fraction of sp³-hybridized carbons (Fsp3) is 0.647. The number of benzene rings is 1. The van der Waals surface area contributed by atoms with E-state index in [1.54, 1.807) is 0 Å². The quantitative estimate of drug-likeness (QED) is 0.806. The van der Waals surface area contributed by atoms with Crippen LogP contribution < -0.4 is 10.2 Å². The van der Waals surface area contributed by atoms with Gasteiger partial charge >= 0.3 is 0 Å². The van der Waals surface area contributed by atoms with E-state index in [-0.39, 0.29) is 0 Å². The van der Waals surface area contributed by atoms with Crippen molar-refractivity contribution in [3.05, 3.63) is 28.8 Å². The molecular formula is C17H27ClN2. The summed E-state index contributed by atoms with van der Waals surface area (Å²) in [5.74, 6) is 0.749. The van der Waals surface area contributed by atoms with Gasteiger partial charge in [-0.25, -0.2) is 0 Å². The number of nitrogens with one attached hydrogen (secondary N) is 1. The van der Waals surface area contributed by atoms with Crippen molar-refractivity contribution >= 4 is 17.3 Å². The molecule has 1 aromatic rings. The van der Waals surface area contributed by atoms with Crippen LogP contribution in [0.15, 0.2) is 18.2 Å². The monoisotopic (exact) mass is 294 g/mol. The van der Waals surface area contributed by atoms with E-state index in [4.69, 9.17) is 11.6 Å². The second kappa shape index (κ2) is 7.33. The maximum Gasteiger partial charge on any atom is 0.0429 e. The Labute approximate surface area is 128 Å². The van der Waals surface area contributed by atoms with Crippen LogP contribution >= 0.6 is 11.6 Å². The third kappa shape index (κ3) is 3.67. The molecule has 1 N–H and O–H groups in total. The summed E-state index contributed by atoms with van der Waals surface area (Å²) in [4.78, 5) is 2.54. The smallest absolute Gasteiger partial charge is 0.0429 e. The van der Waals surface area contributed by atoms with Gasteiger partial charge in [0.2, 0.25) is 0 Å². The molecule has 20 heavy (non-hydrogen) atoms. The maximum atomic E-state index is 6.23. The summed E-state index contributed by atoms with van der Waals surface area (Å²) in [6, 6.07) is 6.91. The molecule has 1 aliphatic heterocycles. The lowest BCUT2D eigenvalue weighted by atomic mass is 9.91. The third-order valence-electron chi connectivity index (χ3n) is 4.47. The van der Waals surface area contributed by atoms with Crippen molar-refractivity contribution in [2.24, 2.45) is 5.92 Å². The van der Waals surface area contributed by atoms with Gasteiger partial charge in [0.25, 0.3) is 0 Å². The molecule has 1 aromatic carbocycles. The fourth-order valence-electron chi connectivity index (χ4n) is 3.03. The van der Waals surface area contributed by atoms with E-state index in [9.17, 15) is 0 Å². The van der Waals surface area contributed by atoms with E-state index < -0.39 is 0 Å². The van der Waals surface area contributed by atoms with Crippen LogP contribution in [0.5, 0.6) is 0 Å². The van der Waals surface area contributed by atoms with Crippen molar-refractivity contribution < 1.29 is 0 Å². The zero-order valence-corrected chi connectivity index (χ0v) is 13.7. The highest BCUT2D eigenvalue weighted by Gasteiger charge is 2.26. The Hall–Kier alpha value is -0.730. The topological polar surface area (TPSA) is 15.3 Å². The summed E-state index contributed by atoms with van der Waals surface area (Å²) in [7, 11) is 0. The van der Waals surface area contributed by atoms with Crippen LogP contribution in [0.4, 0.5) is 5.69 Å². The highest BCUT2D eigenvalue weighted by molar-refractivity contribution is 6.30. The molecule has 0 aliphatic carbocycles. The van der Waals surface area contributed by atoms with Gasteiger partial charge in [0.15, 0.2) is 0 Å². The van der Waals surface area contributed by atoms with Gasteiger partial charge in [0.1, 0.15) is 0 Å². The maximum absolute atomic E-state index is 6.23. The second-order valence-electron chi connectivity index (χ2n) is 6.00. The molecule has 1 fully saturated rings. The number of hydrogen-bond acceptors (Lipinski definition) is 2. The van der Waals surface area contributed by atoms with Crippen LogP contribution in [0.1, 0.15) is 45.6 Å². The Morgan fingerprint density at radius 1 is 1.35 bits per heavy atom. The van der Waals surface area contributed by atoms with Crippen molar-refractivity contribution in [2.75, 3.05) is 18.0 Å². The number of piperidine rings is 1. The van der Waals surface area contributed by atoms with E-state index >= 15 is 0 Å². The first kappa shape index (κ1) is 15.7. The zero-order chi connectivity index (χ0) is 14.5. The molecule has 0 aromatic heterocycles. The van der Waals surface area contributed by atoms with Gasteiger partial charge < -0.3 is 10.2 Å². The van der Waals surface area contributed by atoms with Crippen LogP contribution in [-0.4, -0.2) is 19.1 Å². The number of halogens is 1. The Bertz CT molecular complexity index is 433. The zero-order valence-electron chi connectivity index (χ0n) is 13.0. The number of rotatable bonds is 5. The lowest BCUT2D eigenvalue weighted by Crippen LogP contribution is -2.43. The molecule has 2 rings (SSSR count). The Morgan fingerprint density at radius 3 is 2.90 bits per heavy atom. The molecule has 3 heteroatoms. The predicted octanol–water partition coefficient (Wildman–Crippen LogP) is 4.46. The number of anilines is 1. The van der Waals surface area contributed by atoms with Crippen LogP contribution in [0.25, 0.3) is 0 Å². The van der Waals surface area contributed by atoms with Crippen LogP contribution in [0, 0.1) is 5.92 Å². The van der Waals surface area contributed by atoms with E-state index in [1.807, 2.05) is 6.07 Å². The summed E-state index contributed by atoms with van der Waals surface area (Å²) < 4.78 is 0. The normalized spacial score (nSPS) is 23.1. The molecule has 2 atom stereocenters. The lowest BCUT2D eigenvalue weighted by Gasteiger charge is -2.40. The fourth-order valence-corrected chi connectivity index (χ4v) is 3.20. The molecule has 1 saturated heterocycles. The Morgan fingerprint density at radius 2 is 2.15 bits per heavy atom. The van der Waals surface area contributed by atoms with Crippen molar-refractivity contribution in [3.63, 3.8) is 0 Å². The van der Waals surface area contributed by atoms with Crippen molar-refractivity contribution in [1.29, 1.82) is 0 Å². The highest BCUT2D eigenvalue weighted by atomic mass is 35.5. The van der Waals surface area contributed by atoms with Gasteiger partial charge in [-0.3, -0.25) is 0 Å². The van der Waals surface area contributed by atoms with E-state index in [0.29, 0.717) is 6.04 Å². The molecular weight excluding hydrogens is 268 g/mol. The minimum Gasteiger partial charge on any atom is -0.368 e. The molecule has 0 radical (unpaired) electrons. The second-order valence-corrected chi connectivity index (χ2v) is 6.44. The van der Waals surface area contributed by atoms with E-state index in [2.05, 4.69) is 43.1 Å². The molecule has 0 saturated carbocycles. The van der Waals surface area contributed by atoms with Gasteiger partial charge in [-0.15, -0.1) is 0 Å². The molecule has 2 nitrogen and oxygen atoms in total. The first-order chi connectivity index (χ1) is 9.63. The molecule has 0 spiro atoms. The average molecular weight is 295 g/mol. The van der Waals surface area contributed by atoms with Gasteiger partial charge in [0.05, 0.1) is 0 Å². The average Bonchev–Trinajstić information content (AvgIpc) is 2.44. The molecule has 1 heterocycles. The summed E-state index contributed by atoms with van der Waals surface area (Å²) >= 11 is 6.23. The van der Waals surface area contributed by atoms with Crippen LogP contribution in [0.3, 0.4) is 0 Å². The summed E-state index contributed by atoms with van der Waals surface area (Å²) in [5.41, 5.74) is 2.68. The molecule has 1 aliphatic rings. The van der Waals surface area contributed by atoms with Crippen molar-refractivity contribution in [3.8, 4) is 0 Å². The van der Waals surface area contributed by atoms with Gasteiger partial charge in [0, 0.05) is 29.8 Å². The minimum absolute atomic E-state index is 0.590. The highest BCUT2D eigenvalue weighted by Crippen LogP contribution is 2.32. The molecule has 112 valence electrons. The summed E-state index contributed by atoms with van der Waals surface area (Å²) in [6.07, 6.45) is 3.78. The molecule has 0 bridgehead atoms. The standard InChI is InChI=1S/C17H27ClN2/c1-4-9-19-12-15-7-8-16(18)11-17(15)20-10-5-6-13(2)14(20)3/h7-8,11,13-14,19H,4-6,9-10,12H2,1-3H3. The Balaban J connectivity index is 2.21. The van der Waals surface area contributed by atoms with E-state index in [0.717, 1.165) is 30.6 Å². The minimum atomic E-state index is 0.590. The Kier molecular flexibility index (Phi) is 5.74. The van der Waals surface area contributed by atoms with Crippen LogP contribution in [0.2, 0.25) is 5.02 Å². The summed E-state index contributed by atoms with van der Waals surface area (Å²) in [5, 5.41) is 4.34. The molecule has 2 unspecified atom stereocenters. The third-order valence-corrected chi connectivity index (χ3v) is 4.71. The SMILES string of the molecule is CCCNCc1ccc(Cl)cc1N1CCCC(C)C1C. The largest absolute Gasteiger partial charge is 0.368 e. The van der Waals surface area contributed by atoms with E-state index in [1.165, 1.54) is 30.5 Å². The van der Waals surface area contributed by atoms with Crippen molar-refractivity contribution in [2.45, 2.75) is 52.6 Å². The van der Waals surface area contributed by atoms with Crippen molar-refractivity contribution in [1.82, 2.24) is 5.32 Å². The number of hydrogen-bond donors (Lipinski definition) is 1. The molecule has 0 amide bonds.